The van der Waals surface area contributed by atoms with Crippen molar-refractivity contribution in [2.75, 3.05) is 19.8 Å². The van der Waals surface area contributed by atoms with Gasteiger partial charge in [0.15, 0.2) is 5.82 Å². The van der Waals surface area contributed by atoms with Gasteiger partial charge in [0, 0.05) is 32.8 Å². The van der Waals surface area contributed by atoms with Crippen LogP contribution < -0.4 is 0 Å². The zero-order chi connectivity index (χ0) is 17.9. The summed E-state index contributed by atoms with van der Waals surface area (Å²) in [5.41, 5.74) is 0.451. The number of hydrogen-bond donors (Lipinski definition) is 0. The first kappa shape index (κ1) is 17.2. The van der Waals surface area contributed by atoms with E-state index in [1.807, 2.05) is 11.9 Å². The summed E-state index contributed by atoms with van der Waals surface area (Å²) in [4.78, 5) is 23.3. The molecule has 0 bridgehead atoms. The van der Waals surface area contributed by atoms with Crippen molar-refractivity contribution >= 4 is 5.91 Å². The largest absolute Gasteiger partial charge is 0.381 e. The average molecular weight is 359 g/mol. The summed E-state index contributed by atoms with van der Waals surface area (Å²) in [5.74, 6) is 1.84. The van der Waals surface area contributed by atoms with Gasteiger partial charge < -0.3 is 18.7 Å². The molecule has 2 aromatic rings. The summed E-state index contributed by atoms with van der Waals surface area (Å²) in [6.45, 7) is 2.12. The van der Waals surface area contributed by atoms with Gasteiger partial charge in [0.05, 0.1) is 12.9 Å². The van der Waals surface area contributed by atoms with Crippen molar-refractivity contribution in [3.05, 3.63) is 29.9 Å². The third-order valence-electron chi connectivity index (χ3n) is 4.98. The maximum Gasteiger partial charge on any atom is 0.274 e. The Hall–Kier alpha value is -2.22. The number of rotatable bonds is 7. The van der Waals surface area contributed by atoms with Gasteiger partial charge in [-0.2, -0.15) is 4.98 Å². The molecule has 3 heterocycles. The first-order chi connectivity index (χ1) is 12.7. The van der Waals surface area contributed by atoms with Crippen LogP contribution in [0.2, 0.25) is 0 Å². The number of aromatic nitrogens is 4. The maximum atomic E-state index is 12.8. The zero-order valence-corrected chi connectivity index (χ0v) is 15.1. The molecule has 1 saturated carbocycles. The van der Waals surface area contributed by atoms with Gasteiger partial charge in [-0.1, -0.05) is 5.16 Å². The van der Waals surface area contributed by atoms with Crippen LogP contribution in [-0.2, 0) is 18.2 Å². The van der Waals surface area contributed by atoms with Gasteiger partial charge in [-0.25, -0.2) is 4.98 Å². The molecule has 0 radical (unpaired) electrons. The number of likely N-dealkylation sites (tertiary alicyclic amines) is 1. The summed E-state index contributed by atoms with van der Waals surface area (Å²) in [5, 5.41) is 4.07. The monoisotopic (exact) mass is 359 g/mol. The van der Waals surface area contributed by atoms with Crippen LogP contribution in [0.1, 0.15) is 60.3 Å². The Morgan fingerprint density at radius 2 is 2.23 bits per heavy atom. The van der Waals surface area contributed by atoms with Crippen molar-refractivity contribution in [1.29, 1.82) is 0 Å². The second-order valence-corrected chi connectivity index (χ2v) is 7.25. The van der Waals surface area contributed by atoms with E-state index in [1.165, 1.54) is 12.8 Å². The van der Waals surface area contributed by atoms with Crippen LogP contribution in [0, 0.1) is 5.92 Å². The average Bonchev–Trinajstić information content (AvgIpc) is 3.19. The molecule has 26 heavy (non-hydrogen) atoms. The van der Waals surface area contributed by atoms with Crippen LogP contribution >= 0.6 is 0 Å². The Bertz CT molecular complexity index is 752. The highest BCUT2D eigenvalue weighted by Crippen LogP contribution is 2.31. The lowest BCUT2D eigenvalue weighted by Crippen LogP contribution is -2.38. The smallest absolute Gasteiger partial charge is 0.274 e. The molecular weight excluding hydrogens is 334 g/mol. The lowest BCUT2D eigenvalue weighted by molar-refractivity contribution is 0.0556. The second-order valence-electron chi connectivity index (χ2n) is 7.25. The number of hydrogen-bond acceptors (Lipinski definition) is 6. The molecule has 1 amide bonds. The minimum absolute atomic E-state index is 0.0807. The van der Waals surface area contributed by atoms with Gasteiger partial charge in [0.1, 0.15) is 11.7 Å². The molecule has 8 heteroatoms. The van der Waals surface area contributed by atoms with E-state index >= 15 is 0 Å². The molecular formula is C18H25N5O3. The highest BCUT2D eigenvalue weighted by molar-refractivity contribution is 5.92. The minimum atomic E-state index is -0.174. The molecule has 8 nitrogen and oxygen atoms in total. The minimum Gasteiger partial charge on any atom is -0.381 e. The molecule has 2 fully saturated rings. The molecule has 4 rings (SSSR count). The van der Waals surface area contributed by atoms with E-state index in [1.54, 1.807) is 17.1 Å². The van der Waals surface area contributed by atoms with Crippen LogP contribution in [-0.4, -0.2) is 50.3 Å². The molecule has 2 aromatic heterocycles. The summed E-state index contributed by atoms with van der Waals surface area (Å²) < 4.78 is 12.9. The lowest BCUT2D eigenvalue weighted by atomic mass is 10.0. The topological polar surface area (TPSA) is 86.3 Å². The normalized spacial score (nSPS) is 20.5. The van der Waals surface area contributed by atoms with Crippen LogP contribution in [0.3, 0.4) is 0 Å². The van der Waals surface area contributed by atoms with E-state index in [0.29, 0.717) is 37.0 Å². The van der Waals surface area contributed by atoms with E-state index in [9.17, 15) is 4.79 Å². The predicted octanol–water partition coefficient (Wildman–Crippen LogP) is 2.14. The number of ether oxygens (including phenoxy) is 1. The van der Waals surface area contributed by atoms with Crippen LogP contribution in [0.15, 0.2) is 17.0 Å². The molecule has 0 spiro atoms. The first-order valence-electron chi connectivity index (χ1n) is 9.40. The van der Waals surface area contributed by atoms with E-state index in [4.69, 9.17) is 9.26 Å². The Labute approximate surface area is 152 Å². The van der Waals surface area contributed by atoms with Crippen molar-refractivity contribution in [2.45, 2.75) is 44.6 Å². The van der Waals surface area contributed by atoms with Crippen LogP contribution in [0.4, 0.5) is 0 Å². The number of piperidine rings is 1. The molecule has 2 aliphatic rings. The van der Waals surface area contributed by atoms with Gasteiger partial charge >= 0.3 is 0 Å². The van der Waals surface area contributed by atoms with Crippen molar-refractivity contribution in [3.63, 3.8) is 0 Å². The van der Waals surface area contributed by atoms with E-state index < -0.39 is 0 Å². The molecule has 1 unspecified atom stereocenters. The maximum absolute atomic E-state index is 12.8. The zero-order valence-electron chi connectivity index (χ0n) is 15.1. The van der Waals surface area contributed by atoms with Crippen molar-refractivity contribution in [1.82, 2.24) is 24.6 Å². The number of carbonyl (C=O) groups is 1. The summed E-state index contributed by atoms with van der Waals surface area (Å²) in [7, 11) is 1.85. The van der Waals surface area contributed by atoms with Gasteiger partial charge in [-0.3, -0.25) is 4.79 Å². The van der Waals surface area contributed by atoms with Crippen molar-refractivity contribution in [2.24, 2.45) is 13.0 Å². The van der Waals surface area contributed by atoms with Gasteiger partial charge in [-0.05, 0) is 38.0 Å². The van der Waals surface area contributed by atoms with E-state index in [-0.39, 0.29) is 11.9 Å². The van der Waals surface area contributed by atoms with Crippen LogP contribution in [0.25, 0.3) is 0 Å². The predicted molar refractivity (Wildman–Crippen MR) is 92.4 cm³/mol. The molecule has 1 saturated heterocycles. The first-order valence-corrected chi connectivity index (χ1v) is 9.40. The fraction of sp³-hybridized carbons (Fsp3) is 0.667. The van der Waals surface area contributed by atoms with Crippen molar-refractivity contribution in [3.8, 4) is 0 Å². The summed E-state index contributed by atoms with van der Waals surface area (Å²) >= 11 is 0. The van der Waals surface area contributed by atoms with Crippen molar-refractivity contribution < 1.29 is 14.1 Å². The Kier molecular flexibility index (Phi) is 5.01. The molecule has 140 valence electrons. The third-order valence-corrected chi connectivity index (χ3v) is 4.98. The highest BCUT2D eigenvalue weighted by atomic mass is 16.5. The number of nitrogens with zero attached hydrogens (tertiary/aromatic N) is 5. The summed E-state index contributed by atoms with van der Waals surface area (Å²) in [6, 6.07) is -0.174. The van der Waals surface area contributed by atoms with Gasteiger partial charge in [-0.15, -0.1) is 0 Å². The van der Waals surface area contributed by atoms with E-state index in [0.717, 1.165) is 31.8 Å². The fourth-order valence-electron chi connectivity index (χ4n) is 3.30. The molecule has 0 N–H and O–H groups in total. The van der Waals surface area contributed by atoms with E-state index in [2.05, 4.69) is 15.1 Å². The molecule has 1 atom stereocenters. The third kappa shape index (κ3) is 3.95. The lowest BCUT2D eigenvalue weighted by Gasteiger charge is -2.32. The molecule has 0 aromatic carbocycles. The summed E-state index contributed by atoms with van der Waals surface area (Å²) in [6.07, 6.45) is 9.44. The quantitative estimate of drug-likeness (QED) is 0.704. The molecule has 1 aliphatic heterocycles. The number of aryl methyl sites for hydroxylation is 1. The number of carbonyl (C=O) groups excluding carboxylic acids is 1. The fourth-order valence-corrected chi connectivity index (χ4v) is 3.30. The number of amides is 1. The Morgan fingerprint density at radius 3 is 3.00 bits per heavy atom. The Balaban J connectivity index is 1.40. The second kappa shape index (κ2) is 7.57. The highest BCUT2D eigenvalue weighted by Gasteiger charge is 2.33. The van der Waals surface area contributed by atoms with Gasteiger partial charge in [0.25, 0.3) is 5.91 Å². The Morgan fingerprint density at radius 1 is 1.35 bits per heavy atom. The van der Waals surface area contributed by atoms with Gasteiger partial charge in [0.2, 0.25) is 5.89 Å². The molecule has 1 aliphatic carbocycles. The standard InChI is InChI=1S/C18H25N5O3/c1-22-10-14(19-12-22)18(24)23-8-3-2-4-15(23)17-20-16(21-26-17)7-9-25-11-13-5-6-13/h10,12-13,15H,2-9,11H2,1H3. The van der Waals surface area contributed by atoms with Crippen LogP contribution in [0.5, 0.6) is 0 Å². The SMILES string of the molecule is Cn1cnc(C(=O)N2CCCCC2c2nc(CCOCC3CC3)no2)c1. The number of imidazole rings is 1.